The molecule has 2 N–H and O–H groups in total. The van der Waals surface area contributed by atoms with Crippen molar-refractivity contribution >= 4 is 11.4 Å². The lowest BCUT2D eigenvalue weighted by Crippen LogP contribution is -2.12. The average Bonchev–Trinajstić information content (AvgIpc) is 2.31. The van der Waals surface area contributed by atoms with E-state index in [2.05, 4.69) is 11.9 Å². The van der Waals surface area contributed by atoms with E-state index in [1.54, 1.807) is 0 Å². The van der Waals surface area contributed by atoms with Gasteiger partial charge in [0, 0.05) is 11.4 Å². The zero-order valence-corrected chi connectivity index (χ0v) is 9.74. The van der Waals surface area contributed by atoms with Gasteiger partial charge < -0.3 is 5.73 Å². The Labute approximate surface area is 96.9 Å². The third-order valence-electron chi connectivity index (χ3n) is 3.00. The van der Waals surface area contributed by atoms with Crippen molar-refractivity contribution in [2.24, 2.45) is 10.7 Å². The van der Waals surface area contributed by atoms with Crippen molar-refractivity contribution in [1.29, 1.82) is 0 Å². The van der Waals surface area contributed by atoms with Gasteiger partial charge >= 0.3 is 0 Å². The van der Waals surface area contributed by atoms with Gasteiger partial charge in [-0.25, -0.2) is 0 Å². The fraction of sp³-hybridized carbons (Fsp3) is 0.357. The predicted octanol–water partition coefficient (Wildman–Crippen LogP) is 3.57. The van der Waals surface area contributed by atoms with E-state index in [1.807, 2.05) is 30.3 Å². The van der Waals surface area contributed by atoms with Crippen LogP contribution in [0.2, 0.25) is 0 Å². The standard InChI is InChI=1S/C14H18N2/c1-11(13-9-5-6-10-14(13)15)16-12-7-3-2-4-8-12/h2-4,7-8H,5-6,9-10,15H2,1H3. The predicted molar refractivity (Wildman–Crippen MR) is 68.9 cm³/mol. The highest BCUT2D eigenvalue weighted by Gasteiger charge is 2.12. The number of nitrogens with zero attached hydrogens (tertiary/aromatic N) is 1. The molecule has 0 fully saturated rings. The molecule has 0 bridgehead atoms. The molecule has 0 amide bonds. The van der Waals surface area contributed by atoms with Crippen molar-refractivity contribution in [2.75, 3.05) is 0 Å². The van der Waals surface area contributed by atoms with Crippen LogP contribution in [0.25, 0.3) is 0 Å². The maximum absolute atomic E-state index is 6.03. The molecule has 84 valence electrons. The molecule has 2 rings (SSSR count). The third kappa shape index (κ3) is 2.51. The van der Waals surface area contributed by atoms with Gasteiger partial charge in [0.25, 0.3) is 0 Å². The Hall–Kier alpha value is -1.57. The Balaban J connectivity index is 2.25. The molecule has 0 saturated heterocycles. The lowest BCUT2D eigenvalue weighted by Gasteiger charge is -2.17. The van der Waals surface area contributed by atoms with Crippen molar-refractivity contribution in [3.63, 3.8) is 0 Å². The Kier molecular flexibility index (Phi) is 3.40. The van der Waals surface area contributed by atoms with Gasteiger partial charge in [-0.15, -0.1) is 0 Å². The summed E-state index contributed by atoms with van der Waals surface area (Å²) in [6.07, 6.45) is 4.55. The minimum Gasteiger partial charge on any atom is -0.402 e. The number of nitrogens with two attached hydrogens (primary N) is 1. The molecule has 0 unspecified atom stereocenters. The highest BCUT2D eigenvalue weighted by Crippen LogP contribution is 2.24. The normalized spacial score (nSPS) is 17.7. The summed E-state index contributed by atoms with van der Waals surface area (Å²) in [5.41, 5.74) is 10.4. The molecule has 2 heteroatoms. The molecule has 0 saturated carbocycles. The summed E-state index contributed by atoms with van der Waals surface area (Å²) < 4.78 is 0. The number of rotatable bonds is 2. The third-order valence-corrected chi connectivity index (χ3v) is 3.00. The maximum Gasteiger partial charge on any atom is 0.0632 e. The minimum atomic E-state index is 1.01. The topological polar surface area (TPSA) is 38.4 Å². The van der Waals surface area contributed by atoms with Crippen LogP contribution in [-0.4, -0.2) is 5.71 Å². The highest BCUT2D eigenvalue weighted by atomic mass is 14.7. The van der Waals surface area contributed by atoms with Crippen molar-refractivity contribution in [2.45, 2.75) is 32.6 Å². The van der Waals surface area contributed by atoms with Gasteiger partial charge in [0.2, 0.25) is 0 Å². The molecule has 0 spiro atoms. The lowest BCUT2D eigenvalue weighted by atomic mass is 9.94. The molecule has 1 aromatic rings. The van der Waals surface area contributed by atoms with Crippen LogP contribution in [0.3, 0.4) is 0 Å². The fourth-order valence-electron chi connectivity index (χ4n) is 2.11. The quantitative estimate of drug-likeness (QED) is 0.751. The van der Waals surface area contributed by atoms with Crippen molar-refractivity contribution in [3.8, 4) is 0 Å². The molecule has 1 aliphatic carbocycles. The molecule has 0 aliphatic heterocycles. The number of hydrogen-bond donors (Lipinski definition) is 1. The van der Waals surface area contributed by atoms with Gasteiger partial charge in [-0.2, -0.15) is 0 Å². The molecule has 0 radical (unpaired) electrons. The van der Waals surface area contributed by atoms with Gasteiger partial charge in [-0.3, -0.25) is 4.99 Å². The van der Waals surface area contributed by atoms with Gasteiger partial charge in [-0.05, 0) is 50.3 Å². The van der Waals surface area contributed by atoms with Gasteiger partial charge in [0.15, 0.2) is 0 Å². The highest BCUT2D eigenvalue weighted by molar-refractivity contribution is 6.00. The molecular formula is C14H18N2. The molecule has 16 heavy (non-hydrogen) atoms. The van der Waals surface area contributed by atoms with Crippen LogP contribution in [0.5, 0.6) is 0 Å². The van der Waals surface area contributed by atoms with Crippen LogP contribution >= 0.6 is 0 Å². The summed E-state index contributed by atoms with van der Waals surface area (Å²) >= 11 is 0. The second-order valence-electron chi connectivity index (χ2n) is 4.24. The number of aliphatic imine (C=N–C) groups is 1. The van der Waals surface area contributed by atoms with Crippen molar-refractivity contribution in [1.82, 2.24) is 0 Å². The molecular weight excluding hydrogens is 196 g/mol. The van der Waals surface area contributed by atoms with Crippen molar-refractivity contribution < 1.29 is 0 Å². The number of benzene rings is 1. The molecule has 1 aliphatic rings. The Morgan fingerprint density at radius 1 is 1.12 bits per heavy atom. The molecule has 2 nitrogen and oxygen atoms in total. The first-order valence-corrected chi connectivity index (χ1v) is 5.85. The van der Waals surface area contributed by atoms with E-state index in [9.17, 15) is 0 Å². The molecule has 1 aromatic carbocycles. The van der Waals surface area contributed by atoms with Gasteiger partial charge in [-0.1, -0.05) is 18.2 Å². The molecule has 0 heterocycles. The largest absolute Gasteiger partial charge is 0.402 e. The average molecular weight is 214 g/mol. The molecule has 0 aromatic heterocycles. The monoisotopic (exact) mass is 214 g/mol. The van der Waals surface area contributed by atoms with E-state index >= 15 is 0 Å². The summed E-state index contributed by atoms with van der Waals surface area (Å²) in [7, 11) is 0. The zero-order valence-electron chi connectivity index (χ0n) is 9.74. The summed E-state index contributed by atoms with van der Waals surface area (Å²) in [4.78, 5) is 4.61. The second kappa shape index (κ2) is 4.97. The van der Waals surface area contributed by atoms with E-state index < -0.39 is 0 Å². The zero-order chi connectivity index (χ0) is 11.4. The van der Waals surface area contributed by atoms with Crippen LogP contribution < -0.4 is 5.73 Å². The second-order valence-corrected chi connectivity index (χ2v) is 4.24. The SMILES string of the molecule is CC(=Nc1ccccc1)C1=C(N)CCCC1. The first-order chi connectivity index (χ1) is 7.77. The van der Waals surface area contributed by atoms with Crippen LogP contribution in [0.4, 0.5) is 5.69 Å². The number of hydrogen-bond acceptors (Lipinski definition) is 2. The molecule has 0 atom stereocenters. The minimum absolute atomic E-state index is 1.01. The summed E-state index contributed by atoms with van der Waals surface area (Å²) in [6, 6.07) is 10.0. The van der Waals surface area contributed by atoms with E-state index in [-0.39, 0.29) is 0 Å². The Bertz CT molecular complexity index is 416. The van der Waals surface area contributed by atoms with Crippen molar-refractivity contribution in [3.05, 3.63) is 41.6 Å². The van der Waals surface area contributed by atoms with Crippen LogP contribution in [0.1, 0.15) is 32.6 Å². The summed E-state index contributed by atoms with van der Waals surface area (Å²) in [5.74, 6) is 0. The fourth-order valence-corrected chi connectivity index (χ4v) is 2.11. The van der Waals surface area contributed by atoms with E-state index in [0.717, 1.165) is 29.9 Å². The first kappa shape index (κ1) is 10.9. The Morgan fingerprint density at radius 2 is 1.81 bits per heavy atom. The first-order valence-electron chi connectivity index (χ1n) is 5.85. The van der Waals surface area contributed by atoms with Crippen LogP contribution in [-0.2, 0) is 0 Å². The van der Waals surface area contributed by atoms with Gasteiger partial charge in [0.05, 0.1) is 5.69 Å². The van der Waals surface area contributed by atoms with Crippen LogP contribution in [0.15, 0.2) is 46.6 Å². The van der Waals surface area contributed by atoms with E-state index in [4.69, 9.17) is 5.73 Å². The number of para-hydroxylation sites is 1. The maximum atomic E-state index is 6.03. The van der Waals surface area contributed by atoms with Crippen LogP contribution in [0, 0.1) is 0 Å². The summed E-state index contributed by atoms with van der Waals surface area (Å²) in [6.45, 7) is 2.06. The summed E-state index contributed by atoms with van der Waals surface area (Å²) in [5, 5.41) is 0. The number of allylic oxidation sites excluding steroid dienone is 2. The van der Waals surface area contributed by atoms with Gasteiger partial charge in [0.1, 0.15) is 0 Å². The Morgan fingerprint density at radius 3 is 2.50 bits per heavy atom. The smallest absolute Gasteiger partial charge is 0.0632 e. The lowest BCUT2D eigenvalue weighted by molar-refractivity contribution is 0.682. The van der Waals surface area contributed by atoms with E-state index in [1.165, 1.54) is 18.4 Å². The van der Waals surface area contributed by atoms with E-state index in [0.29, 0.717) is 0 Å².